The van der Waals surface area contributed by atoms with E-state index in [2.05, 4.69) is 24.0 Å². The molecule has 0 radical (unpaired) electrons. The molecule has 130 valence electrons. The lowest BCUT2D eigenvalue weighted by Crippen LogP contribution is -2.29. The number of anilines is 4. The molecule has 0 unspecified atom stereocenters. The molecule has 26 heavy (non-hydrogen) atoms. The smallest absolute Gasteiger partial charge is 0.150 e. The first-order valence-electron chi connectivity index (χ1n) is 8.50. The third-order valence-corrected chi connectivity index (χ3v) is 5.57. The number of hydrogen-bond acceptors (Lipinski definition) is 5. The van der Waals surface area contributed by atoms with Crippen molar-refractivity contribution in [3.05, 3.63) is 72.3 Å². The molecule has 0 amide bonds. The molecule has 5 heteroatoms. The van der Waals surface area contributed by atoms with E-state index in [9.17, 15) is 4.79 Å². The van der Waals surface area contributed by atoms with E-state index in [0.717, 1.165) is 40.5 Å². The molecule has 0 spiro atoms. The fourth-order valence-corrected chi connectivity index (χ4v) is 4.45. The van der Waals surface area contributed by atoms with Gasteiger partial charge in [0.05, 0.1) is 22.7 Å². The van der Waals surface area contributed by atoms with E-state index in [1.165, 1.54) is 4.90 Å². The van der Waals surface area contributed by atoms with Crippen molar-refractivity contribution in [3.63, 3.8) is 0 Å². The van der Waals surface area contributed by atoms with Gasteiger partial charge in [0.25, 0.3) is 0 Å². The van der Waals surface area contributed by atoms with Gasteiger partial charge in [-0.05, 0) is 43.3 Å². The van der Waals surface area contributed by atoms with Crippen molar-refractivity contribution in [3.8, 4) is 0 Å². The fraction of sp³-hybridized carbons (Fsp3) is 0.0952. The van der Waals surface area contributed by atoms with E-state index in [4.69, 9.17) is 5.84 Å². The average molecular weight is 361 g/mol. The maximum absolute atomic E-state index is 11.5. The molecule has 0 fully saturated rings. The van der Waals surface area contributed by atoms with Crippen LogP contribution < -0.4 is 15.8 Å². The zero-order valence-corrected chi connectivity index (χ0v) is 15.2. The zero-order valence-electron chi connectivity index (χ0n) is 14.4. The van der Waals surface area contributed by atoms with Crippen LogP contribution in [0.4, 0.5) is 22.7 Å². The summed E-state index contributed by atoms with van der Waals surface area (Å²) in [5, 5.41) is 1.66. The summed E-state index contributed by atoms with van der Waals surface area (Å²) in [6, 6.07) is 21.9. The molecule has 0 aromatic heterocycles. The third-order valence-electron chi connectivity index (χ3n) is 4.47. The van der Waals surface area contributed by atoms with E-state index in [1.807, 2.05) is 54.6 Å². The maximum atomic E-state index is 11.5. The molecule has 0 atom stereocenters. The van der Waals surface area contributed by atoms with Crippen LogP contribution in [0, 0.1) is 0 Å². The number of benzene rings is 3. The molecule has 0 saturated carbocycles. The summed E-state index contributed by atoms with van der Waals surface area (Å²) in [4.78, 5) is 16.0. The molecule has 0 bridgehead atoms. The van der Waals surface area contributed by atoms with Crippen molar-refractivity contribution in [1.82, 2.24) is 0 Å². The lowest BCUT2D eigenvalue weighted by Gasteiger charge is -2.35. The first-order chi connectivity index (χ1) is 12.7. The second-order valence-corrected chi connectivity index (χ2v) is 7.11. The van der Waals surface area contributed by atoms with Gasteiger partial charge in [0.15, 0.2) is 0 Å². The van der Waals surface area contributed by atoms with Crippen LogP contribution >= 0.6 is 11.8 Å². The van der Waals surface area contributed by atoms with E-state index < -0.39 is 0 Å². The highest BCUT2D eigenvalue weighted by molar-refractivity contribution is 7.99. The standard InChI is InChI=1S/C21H19N3OS/c1-2-23-17-10-6-7-11-19(17)26-20-13-15(14-25)12-18(21(20)23)24(22)16-8-4-3-5-9-16/h3-14H,2,22H2,1H3. The molecule has 2 N–H and O–H groups in total. The average Bonchev–Trinajstić information content (AvgIpc) is 2.71. The lowest BCUT2D eigenvalue weighted by molar-refractivity contribution is 0.112. The number of carbonyl (C=O) groups excluding carboxylic acids is 1. The van der Waals surface area contributed by atoms with Crippen molar-refractivity contribution < 1.29 is 4.79 Å². The van der Waals surface area contributed by atoms with Gasteiger partial charge in [0, 0.05) is 21.9 Å². The SMILES string of the molecule is CCN1c2ccccc2Sc2cc(C=O)cc(N(N)c3ccccc3)c21. The maximum Gasteiger partial charge on any atom is 0.150 e. The number of hydrazine groups is 1. The Balaban J connectivity index is 1.93. The van der Waals surface area contributed by atoms with Gasteiger partial charge in [-0.1, -0.05) is 42.1 Å². The van der Waals surface area contributed by atoms with Gasteiger partial charge in [0.1, 0.15) is 6.29 Å². The molecule has 3 aromatic rings. The van der Waals surface area contributed by atoms with Crippen LogP contribution in [0.5, 0.6) is 0 Å². The highest BCUT2D eigenvalue weighted by Gasteiger charge is 2.27. The van der Waals surface area contributed by atoms with Crippen LogP contribution in [0.2, 0.25) is 0 Å². The van der Waals surface area contributed by atoms with Crippen molar-refractivity contribution in [2.75, 3.05) is 16.5 Å². The number of nitrogens with zero attached hydrogens (tertiary/aromatic N) is 2. The highest BCUT2D eigenvalue weighted by Crippen LogP contribution is 2.52. The van der Waals surface area contributed by atoms with Gasteiger partial charge in [0.2, 0.25) is 0 Å². The monoisotopic (exact) mass is 361 g/mol. The van der Waals surface area contributed by atoms with Crippen LogP contribution in [-0.4, -0.2) is 12.8 Å². The zero-order chi connectivity index (χ0) is 18.1. The first-order valence-corrected chi connectivity index (χ1v) is 9.32. The van der Waals surface area contributed by atoms with Gasteiger partial charge in [-0.2, -0.15) is 0 Å². The van der Waals surface area contributed by atoms with Crippen LogP contribution in [0.25, 0.3) is 0 Å². The topological polar surface area (TPSA) is 49.6 Å². The molecule has 3 aromatic carbocycles. The van der Waals surface area contributed by atoms with Crippen LogP contribution in [0.3, 0.4) is 0 Å². The number of aldehydes is 1. The minimum Gasteiger partial charge on any atom is -0.338 e. The predicted octanol–water partition coefficient (Wildman–Crippen LogP) is 5.13. The Labute approximate surface area is 157 Å². The molecule has 0 saturated heterocycles. The molecule has 4 rings (SSSR count). The summed E-state index contributed by atoms with van der Waals surface area (Å²) in [6.07, 6.45) is 0.875. The van der Waals surface area contributed by atoms with Crippen molar-refractivity contribution >= 4 is 40.8 Å². The normalized spacial score (nSPS) is 12.3. The van der Waals surface area contributed by atoms with Gasteiger partial charge in [-0.3, -0.25) is 9.80 Å². The highest BCUT2D eigenvalue weighted by atomic mass is 32.2. The predicted molar refractivity (Wildman–Crippen MR) is 108 cm³/mol. The molecule has 1 aliphatic rings. The quantitative estimate of drug-likeness (QED) is 0.396. The number of para-hydroxylation sites is 2. The van der Waals surface area contributed by atoms with Crippen LogP contribution in [0.15, 0.2) is 76.5 Å². The molecule has 1 heterocycles. The van der Waals surface area contributed by atoms with Gasteiger partial charge in [-0.25, -0.2) is 5.84 Å². The number of nitrogens with two attached hydrogens (primary N) is 1. The Morgan fingerprint density at radius 3 is 2.50 bits per heavy atom. The molecule has 0 aliphatic carbocycles. The summed E-state index contributed by atoms with van der Waals surface area (Å²) in [7, 11) is 0. The molecule has 1 aliphatic heterocycles. The Kier molecular flexibility index (Phi) is 4.41. The van der Waals surface area contributed by atoms with Crippen molar-refractivity contribution in [2.45, 2.75) is 16.7 Å². The van der Waals surface area contributed by atoms with Gasteiger partial charge in [-0.15, -0.1) is 0 Å². The minimum atomic E-state index is 0.619. The van der Waals surface area contributed by atoms with E-state index in [-0.39, 0.29) is 0 Å². The van der Waals surface area contributed by atoms with Crippen LogP contribution in [-0.2, 0) is 0 Å². The molecular weight excluding hydrogens is 342 g/mol. The Morgan fingerprint density at radius 1 is 1.04 bits per heavy atom. The minimum absolute atomic E-state index is 0.619. The van der Waals surface area contributed by atoms with Gasteiger partial charge >= 0.3 is 0 Å². The Hall–Kier alpha value is -2.76. The Bertz CT molecular complexity index is 959. The van der Waals surface area contributed by atoms with E-state index in [0.29, 0.717) is 5.56 Å². The summed E-state index contributed by atoms with van der Waals surface area (Å²) in [5.41, 5.74) is 4.51. The second kappa shape index (κ2) is 6.86. The summed E-state index contributed by atoms with van der Waals surface area (Å²) in [6.45, 7) is 2.93. The van der Waals surface area contributed by atoms with Crippen LogP contribution in [0.1, 0.15) is 17.3 Å². The summed E-state index contributed by atoms with van der Waals surface area (Å²) in [5.74, 6) is 6.48. The summed E-state index contributed by atoms with van der Waals surface area (Å²) < 4.78 is 0. The number of rotatable bonds is 4. The first kappa shape index (κ1) is 16.7. The summed E-state index contributed by atoms with van der Waals surface area (Å²) >= 11 is 1.68. The van der Waals surface area contributed by atoms with E-state index >= 15 is 0 Å². The Morgan fingerprint density at radius 2 is 1.77 bits per heavy atom. The molecule has 4 nitrogen and oxygen atoms in total. The fourth-order valence-electron chi connectivity index (χ4n) is 3.28. The number of fused-ring (bicyclic) bond motifs is 2. The largest absolute Gasteiger partial charge is 0.338 e. The lowest BCUT2D eigenvalue weighted by atomic mass is 10.1. The van der Waals surface area contributed by atoms with E-state index in [1.54, 1.807) is 16.8 Å². The van der Waals surface area contributed by atoms with Crippen molar-refractivity contribution in [1.29, 1.82) is 0 Å². The van der Waals surface area contributed by atoms with Crippen molar-refractivity contribution in [2.24, 2.45) is 5.84 Å². The number of carbonyl (C=O) groups is 1. The number of hydrogen-bond donors (Lipinski definition) is 1. The molecular formula is C21H19N3OS. The third kappa shape index (κ3) is 2.75. The second-order valence-electron chi connectivity index (χ2n) is 6.02. The van der Waals surface area contributed by atoms with Gasteiger partial charge < -0.3 is 4.90 Å².